The Morgan fingerprint density at radius 2 is 1.84 bits per heavy atom. The zero-order chi connectivity index (χ0) is 21.8. The smallest absolute Gasteiger partial charge is 0.342 e. The summed E-state index contributed by atoms with van der Waals surface area (Å²) in [5.74, 6) is -0.0752. The molecule has 4 rings (SSSR count). The molecule has 5 nitrogen and oxygen atoms in total. The van der Waals surface area contributed by atoms with E-state index in [1.165, 1.54) is 12.3 Å². The standard InChI is InChI=1S/C23H21F3N4O/c24-23(25,26)19-5-1-3-17(14-19)21-22(29-11-10-28-21)18-4-2-12-30(15-18)20(31)13-16-6-8-27-9-7-16/h1,3,5-11,14,18H,2,4,12-13,15H2/t18-/m1/s1. The molecular weight excluding hydrogens is 405 g/mol. The number of pyridine rings is 1. The van der Waals surface area contributed by atoms with E-state index in [-0.39, 0.29) is 18.2 Å². The number of amides is 1. The first-order chi connectivity index (χ1) is 14.9. The first-order valence-corrected chi connectivity index (χ1v) is 10.1. The van der Waals surface area contributed by atoms with Gasteiger partial charge >= 0.3 is 6.18 Å². The van der Waals surface area contributed by atoms with E-state index in [1.54, 1.807) is 29.6 Å². The normalized spacial score (nSPS) is 16.9. The lowest BCUT2D eigenvalue weighted by Crippen LogP contribution is -2.40. The van der Waals surface area contributed by atoms with Gasteiger partial charge < -0.3 is 4.90 Å². The van der Waals surface area contributed by atoms with Gasteiger partial charge in [-0.2, -0.15) is 13.2 Å². The minimum atomic E-state index is -4.43. The Balaban J connectivity index is 1.57. The molecule has 0 bridgehead atoms. The number of alkyl halides is 3. The number of likely N-dealkylation sites (tertiary alicyclic amines) is 1. The molecule has 3 aromatic rings. The average molecular weight is 426 g/mol. The van der Waals surface area contributed by atoms with Gasteiger partial charge in [-0.25, -0.2) is 0 Å². The van der Waals surface area contributed by atoms with E-state index in [1.807, 2.05) is 12.1 Å². The maximum absolute atomic E-state index is 13.2. The number of hydrogen-bond acceptors (Lipinski definition) is 4. The van der Waals surface area contributed by atoms with E-state index in [2.05, 4.69) is 15.0 Å². The van der Waals surface area contributed by atoms with Crippen LogP contribution in [0.2, 0.25) is 0 Å². The minimum absolute atomic E-state index is 0.0143. The maximum Gasteiger partial charge on any atom is 0.416 e. The number of carbonyl (C=O) groups excluding carboxylic acids is 1. The topological polar surface area (TPSA) is 59.0 Å². The SMILES string of the molecule is O=C(Cc1ccncc1)N1CCC[C@@H](c2nccnc2-c2cccc(C(F)(F)F)c2)C1. The number of halogens is 3. The largest absolute Gasteiger partial charge is 0.416 e. The van der Waals surface area contributed by atoms with E-state index >= 15 is 0 Å². The molecular formula is C23H21F3N4O. The zero-order valence-corrected chi connectivity index (χ0v) is 16.7. The van der Waals surface area contributed by atoms with Crippen LogP contribution in [0.25, 0.3) is 11.3 Å². The third kappa shape index (κ3) is 4.90. The van der Waals surface area contributed by atoms with Crippen LogP contribution in [0.5, 0.6) is 0 Å². The minimum Gasteiger partial charge on any atom is -0.342 e. The average Bonchev–Trinajstić information content (AvgIpc) is 2.79. The van der Waals surface area contributed by atoms with E-state index in [0.717, 1.165) is 30.5 Å². The van der Waals surface area contributed by atoms with Crippen molar-refractivity contribution in [1.82, 2.24) is 19.9 Å². The van der Waals surface area contributed by atoms with Crippen LogP contribution in [0.4, 0.5) is 13.2 Å². The van der Waals surface area contributed by atoms with Gasteiger partial charge in [-0.05, 0) is 42.7 Å². The molecule has 2 aromatic heterocycles. The summed E-state index contributed by atoms with van der Waals surface area (Å²) in [6.45, 7) is 1.12. The molecule has 1 aliphatic heterocycles. The van der Waals surface area contributed by atoms with E-state index < -0.39 is 11.7 Å². The monoisotopic (exact) mass is 426 g/mol. The highest BCUT2D eigenvalue weighted by Crippen LogP contribution is 2.35. The quantitative estimate of drug-likeness (QED) is 0.616. The van der Waals surface area contributed by atoms with Crippen molar-refractivity contribution in [1.29, 1.82) is 0 Å². The van der Waals surface area contributed by atoms with Crippen LogP contribution in [-0.4, -0.2) is 38.8 Å². The summed E-state index contributed by atoms with van der Waals surface area (Å²) in [7, 11) is 0. The molecule has 1 saturated heterocycles. The Labute approximate surface area is 178 Å². The van der Waals surface area contributed by atoms with Crippen molar-refractivity contribution in [3.8, 4) is 11.3 Å². The van der Waals surface area contributed by atoms with Gasteiger partial charge in [-0.1, -0.05) is 12.1 Å². The highest BCUT2D eigenvalue weighted by Gasteiger charge is 2.32. The fraction of sp³-hybridized carbons (Fsp3) is 0.304. The van der Waals surface area contributed by atoms with Crippen LogP contribution in [0.15, 0.2) is 61.2 Å². The summed E-state index contributed by atoms with van der Waals surface area (Å²) in [6.07, 6.45) is 3.79. The molecule has 1 atom stereocenters. The molecule has 1 aliphatic rings. The van der Waals surface area contributed by atoms with Crippen LogP contribution >= 0.6 is 0 Å². The Hall–Kier alpha value is -3.29. The number of nitrogens with zero attached hydrogens (tertiary/aromatic N) is 4. The lowest BCUT2D eigenvalue weighted by Gasteiger charge is -2.33. The second-order valence-corrected chi connectivity index (χ2v) is 7.58. The Morgan fingerprint density at radius 1 is 1.06 bits per heavy atom. The zero-order valence-electron chi connectivity index (χ0n) is 16.7. The molecule has 0 spiro atoms. The summed E-state index contributed by atoms with van der Waals surface area (Å²) in [4.78, 5) is 27.4. The van der Waals surface area contributed by atoms with Gasteiger partial charge in [0.15, 0.2) is 0 Å². The Kier molecular flexibility index (Phi) is 5.97. The lowest BCUT2D eigenvalue weighted by atomic mass is 9.91. The van der Waals surface area contributed by atoms with E-state index in [4.69, 9.17) is 0 Å². The van der Waals surface area contributed by atoms with Crippen molar-refractivity contribution in [3.63, 3.8) is 0 Å². The van der Waals surface area contributed by atoms with Gasteiger partial charge in [0.1, 0.15) is 0 Å². The number of aromatic nitrogens is 3. The van der Waals surface area contributed by atoms with Crippen LogP contribution in [0.1, 0.15) is 35.6 Å². The molecule has 1 aromatic carbocycles. The predicted molar refractivity (Wildman–Crippen MR) is 109 cm³/mol. The van der Waals surface area contributed by atoms with E-state index in [0.29, 0.717) is 30.0 Å². The fourth-order valence-corrected chi connectivity index (χ4v) is 3.93. The number of hydrogen-bond donors (Lipinski definition) is 0. The van der Waals surface area contributed by atoms with Gasteiger partial charge in [0.2, 0.25) is 5.91 Å². The van der Waals surface area contributed by atoms with Gasteiger partial charge in [-0.15, -0.1) is 0 Å². The lowest BCUT2D eigenvalue weighted by molar-refractivity contribution is -0.137. The number of benzene rings is 1. The summed E-state index contributed by atoms with van der Waals surface area (Å²) < 4.78 is 39.5. The van der Waals surface area contributed by atoms with Gasteiger partial charge in [0, 0.05) is 49.4 Å². The van der Waals surface area contributed by atoms with Crippen molar-refractivity contribution in [2.24, 2.45) is 0 Å². The highest BCUT2D eigenvalue weighted by molar-refractivity contribution is 5.79. The Bertz CT molecular complexity index is 1060. The van der Waals surface area contributed by atoms with E-state index in [9.17, 15) is 18.0 Å². The summed E-state index contributed by atoms with van der Waals surface area (Å²) in [6, 6.07) is 8.75. The molecule has 0 unspecified atom stereocenters. The van der Waals surface area contributed by atoms with Crippen LogP contribution in [0.3, 0.4) is 0 Å². The molecule has 0 aliphatic carbocycles. The molecule has 0 N–H and O–H groups in total. The summed E-state index contributed by atoms with van der Waals surface area (Å²) >= 11 is 0. The van der Waals surface area contributed by atoms with Gasteiger partial charge in [0.05, 0.1) is 23.4 Å². The predicted octanol–water partition coefficient (Wildman–Crippen LogP) is 4.51. The molecule has 0 saturated carbocycles. The Morgan fingerprint density at radius 3 is 2.61 bits per heavy atom. The van der Waals surface area contributed by atoms with Crippen LogP contribution in [0, 0.1) is 0 Å². The summed E-state index contributed by atoms with van der Waals surface area (Å²) in [5.41, 5.74) is 1.61. The maximum atomic E-state index is 13.2. The number of carbonyl (C=O) groups is 1. The third-order valence-corrected chi connectivity index (χ3v) is 5.46. The fourth-order valence-electron chi connectivity index (χ4n) is 3.93. The molecule has 31 heavy (non-hydrogen) atoms. The number of piperidine rings is 1. The second kappa shape index (κ2) is 8.83. The molecule has 3 heterocycles. The number of rotatable bonds is 4. The van der Waals surface area contributed by atoms with Crippen LogP contribution < -0.4 is 0 Å². The van der Waals surface area contributed by atoms with Crippen LogP contribution in [-0.2, 0) is 17.4 Å². The van der Waals surface area contributed by atoms with Gasteiger partial charge in [-0.3, -0.25) is 19.7 Å². The van der Waals surface area contributed by atoms with Gasteiger partial charge in [0.25, 0.3) is 0 Å². The molecule has 8 heteroatoms. The highest BCUT2D eigenvalue weighted by atomic mass is 19.4. The molecule has 1 fully saturated rings. The van der Waals surface area contributed by atoms with Crippen molar-refractivity contribution in [2.75, 3.05) is 13.1 Å². The third-order valence-electron chi connectivity index (χ3n) is 5.46. The van der Waals surface area contributed by atoms with Crippen molar-refractivity contribution >= 4 is 5.91 Å². The summed E-state index contributed by atoms with van der Waals surface area (Å²) in [5, 5.41) is 0. The van der Waals surface area contributed by atoms with Crippen molar-refractivity contribution < 1.29 is 18.0 Å². The molecule has 160 valence electrons. The first kappa shape index (κ1) is 21.0. The molecule has 1 amide bonds. The first-order valence-electron chi connectivity index (χ1n) is 10.1. The van der Waals surface area contributed by atoms with Crippen molar-refractivity contribution in [2.45, 2.75) is 31.4 Å². The second-order valence-electron chi connectivity index (χ2n) is 7.58. The molecule has 0 radical (unpaired) electrons. The van der Waals surface area contributed by atoms with Crippen molar-refractivity contribution in [3.05, 3.63) is 78.0 Å².